The number of aliphatic hydroxyl groups is 1. The second-order valence-electron chi connectivity index (χ2n) is 6.58. The van der Waals surface area contributed by atoms with E-state index in [1.165, 1.54) is 0 Å². The average Bonchev–Trinajstić information content (AvgIpc) is 3.02. The summed E-state index contributed by atoms with van der Waals surface area (Å²) in [7, 11) is 0. The van der Waals surface area contributed by atoms with E-state index in [1.54, 1.807) is 42.1 Å². The third-order valence-electron chi connectivity index (χ3n) is 4.27. The largest absolute Gasteiger partial charge is 0.491 e. The molecule has 0 fully saturated rings. The van der Waals surface area contributed by atoms with Gasteiger partial charge in [0.2, 0.25) is 0 Å². The summed E-state index contributed by atoms with van der Waals surface area (Å²) in [5, 5.41) is 19.4. The van der Waals surface area contributed by atoms with Gasteiger partial charge in [0.1, 0.15) is 12.4 Å². The number of rotatable bonds is 12. The van der Waals surface area contributed by atoms with Crippen molar-refractivity contribution >= 4 is 35.1 Å². The van der Waals surface area contributed by atoms with Crippen LogP contribution in [0.4, 0.5) is 0 Å². The molecule has 0 amide bonds. The van der Waals surface area contributed by atoms with E-state index in [0.717, 1.165) is 0 Å². The molecule has 1 aliphatic rings. The lowest BCUT2D eigenvalue weighted by Gasteiger charge is -2.18. The Morgan fingerprint density at radius 2 is 2.04 bits per heavy atom. The third kappa shape index (κ3) is 8.09. The van der Waals surface area contributed by atoms with Gasteiger partial charge in [-0.3, -0.25) is 9.59 Å². The van der Waals surface area contributed by atoms with Crippen LogP contribution in [0.3, 0.4) is 0 Å². The van der Waals surface area contributed by atoms with E-state index in [1.807, 2.05) is 18.2 Å². The summed E-state index contributed by atoms with van der Waals surface area (Å²) in [5.41, 5.74) is 0. The minimum absolute atomic E-state index is 0.0290. The van der Waals surface area contributed by atoms with Gasteiger partial charge < -0.3 is 14.9 Å². The first-order valence-corrected chi connectivity index (χ1v) is 10.6. The first kappa shape index (κ1) is 22.5. The molecule has 3 atom stereocenters. The zero-order valence-electron chi connectivity index (χ0n) is 15.5. The summed E-state index contributed by atoms with van der Waals surface area (Å²) >= 11 is 7.37. The van der Waals surface area contributed by atoms with E-state index in [4.69, 9.17) is 21.4 Å². The van der Waals surface area contributed by atoms with Gasteiger partial charge in [0.15, 0.2) is 5.78 Å². The van der Waals surface area contributed by atoms with Crippen molar-refractivity contribution in [2.75, 3.05) is 12.4 Å². The molecule has 3 unspecified atom stereocenters. The topological polar surface area (TPSA) is 83.8 Å². The molecule has 1 aromatic carbocycles. The molecule has 0 radical (unpaired) electrons. The van der Waals surface area contributed by atoms with Crippen molar-refractivity contribution in [1.29, 1.82) is 0 Å². The highest BCUT2D eigenvalue weighted by Gasteiger charge is 2.29. The van der Waals surface area contributed by atoms with Gasteiger partial charge in [-0.25, -0.2) is 0 Å². The predicted molar refractivity (Wildman–Crippen MR) is 112 cm³/mol. The highest BCUT2D eigenvalue weighted by atomic mass is 35.5. The maximum Gasteiger partial charge on any atom is 0.303 e. The van der Waals surface area contributed by atoms with Crippen LogP contribution in [0.25, 0.3) is 0 Å². The normalized spacial score (nSPS) is 20.0. The van der Waals surface area contributed by atoms with Crippen molar-refractivity contribution in [2.45, 2.75) is 37.0 Å². The molecule has 1 aliphatic carbocycles. The molecule has 0 saturated carbocycles. The zero-order chi connectivity index (χ0) is 20.4. The van der Waals surface area contributed by atoms with E-state index in [0.29, 0.717) is 35.8 Å². The number of aliphatic hydroxyl groups excluding tert-OH is 1. The number of carboxylic acids is 1. The fourth-order valence-corrected chi connectivity index (χ4v) is 4.09. The molecule has 5 nitrogen and oxygen atoms in total. The van der Waals surface area contributed by atoms with Crippen molar-refractivity contribution in [2.24, 2.45) is 5.92 Å². The standard InChI is InChI=1S/C21H25ClO5S/c22-15-7-9-17(10-8-15)27-13-16(23)14-28-20-12-11-19(24)18(20)5-3-1-2-4-6-21(25)26/h1,3,7-12,16,18,20,23H,2,4-6,13-14H2,(H,25,26)/b3-1-. The van der Waals surface area contributed by atoms with Crippen LogP contribution in [0.2, 0.25) is 5.02 Å². The molecular weight excluding hydrogens is 400 g/mol. The molecule has 0 saturated heterocycles. The second kappa shape index (κ2) is 11.9. The first-order chi connectivity index (χ1) is 13.5. The SMILES string of the molecule is O=C(O)CCC/C=C\CC1C(=O)C=CC1SCC(O)COc1ccc(Cl)cc1. The maximum atomic E-state index is 12.1. The van der Waals surface area contributed by atoms with Gasteiger partial charge in [0.05, 0.1) is 6.10 Å². The Hall–Kier alpha value is -1.76. The molecule has 28 heavy (non-hydrogen) atoms. The molecular formula is C21H25ClO5S. The highest BCUT2D eigenvalue weighted by molar-refractivity contribution is 8.00. The monoisotopic (exact) mass is 424 g/mol. The zero-order valence-corrected chi connectivity index (χ0v) is 17.1. The average molecular weight is 425 g/mol. The number of halogens is 1. The molecule has 1 aromatic rings. The number of allylic oxidation sites excluding steroid dienone is 3. The number of benzene rings is 1. The number of ketones is 1. The lowest BCUT2D eigenvalue weighted by Crippen LogP contribution is -2.24. The van der Waals surface area contributed by atoms with E-state index in [2.05, 4.69) is 0 Å². The molecule has 2 rings (SSSR count). The van der Waals surface area contributed by atoms with E-state index >= 15 is 0 Å². The molecule has 0 aliphatic heterocycles. The van der Waals surface area contributed by atoms with Gasteiger partial charge in [-0.15, -0.1) is 0 Å². The van der Waals surface area contributed by atoms with Crippen molar-refractivity contribution in [3.05, 3.63) is 53.6 Å². The fourth-order valence-electron chi connectivity index (χ4n) is 2.76. The Bertz CT molecular complexity index is 701. The van der Waals surface area contributed by atoms with Crippen LogP contribution >= 0.6 is 23.4 Å². The van der Waals surface area contributed by atoms with Gasteiger partial charge >= 0.3 is 5.97 Å². The number of hydrogen-bond acceptors (Lipinski definition) is 5. The Morgan fingerprint density at radius 3 is 2.75 bits per heavy atom. The fraction of sp³-hybridized carbons (Fsp3) is 0.429. The lowest BCUT2D eigenvalue weighted by molar-refractivity contribution is -0.137. The van der Waals surface area contributed by atoms with Crippen molar-refractivity contribution in [3.8, 4) is 5.75 Å². The van der Waals surface area contributed by atoms with Crippen LogP contribution in [0, 0.1) is 5.92 Å². The molecule has 7 heteroatoms. The minimum atomic E-state index is -0.793. The maximum absolute atomic E-state index is 12.1. The molecule has 2 N–H and O–H groups in total. The quantitative estimate of drug-likeness (QED) is 0.387. The predicted octanol–water partition coefficient (Wildman–Crippen LogP) is 4.14. The van der Waals surface area contributed by atoms with Gasteiger partial charge in [0.25, 0.3) is 0 Å². The van der Waals surface area contributed by atoms with Crippen LogP contribution in [0.5, 0.6) is 5.75 Å². The molecule has 152 valence electrons. The Kier molecular flexibility index (Phi) is 9.61. The Labute approximate surface area is 174 Å². The van der Waals surface area contributed by atoms with E-state index in [-0.39, 0.29) is 30.0 Å². The third-order valence-corrected chi connectivity index (χ3v) is 5.97. The molecule has 0 aromatic heterocycles. The number of ether oxygens (including phenoxy) is 1. The van der Waals surface area contributed by atoms with Gasteiger partial charge in [-0.05, 0) is 49.6 Å². The van der Waals surface area contributed by atoms with E-state index < -0.39 is 12.1 Å². The number of carboxylic acid groups (broad SMARTS) is 1. The van der Waals surface area contributed by atoms with Crippen molar-refractivity contribution in [3.63, 3.8) is 0 Å². The van der Waals surface area contributed by atoms with Gasteiger partial charge in [0, 0.05) is 28.4 Å². The summed E-state index contributed by atoms with van der Waals surface area (Å²) < 4.78 is 5.55. The minimum Gasteiger partial charge on any atom is -0.491 e. The summed E-state index contributed by atoms with van der Waals surface area (Å²) in [6.07, 6.45) is 8.81. The van der Waals surface area contributed by atoms with Gasteiger partial charge in [-0.1, -0.05) is 29.8 Å². The Morgan fingerprint density at radius 1 is 1.29 bits per heavy atom. The van der Waals surface area contributed by atoms with Crippen LogP contribution < -0.4 is 4.74 Å². The van der Waals surface area contributed by atoms with Crippen LogP contribution in [-0.2, 0) is 9.59 Å². The number of carbonyl (C=O) groups is 2. The van der Waals surface area contributed by atoms with Crippen LogP contribution in [0.1, 0.15) is 25.7 Å². The van der Waals surface area contributed by atoms with Crippen LogP contribution in [-0.4, -0.2) is 45.7 Å². The first-order valence-electron chi connectivity index (χ1n) is 9.22. The number of carbonyl (C=O) groups excluding carboxylic acids is 1. The molecule has 0 spiro atoms. The summed E-state index contributed by atoms with van der Waals surface area (Å²) in [5.74, 6) is 0.285. The van der Waals surface area contributed by atoms with Crippen molar-refractivity contribution < 1.29 is 24.5 Å². The highest BCUT2D eigenvalue weighted by Crippen LogP contribution is 2.31. The lowest BCUT2D eigenvalue weighted by atomic mass is 10.0. The van der Waals surface area contributed by atoms with Gasteiger partial charge in [-0.2, -0.15) is 11.8 Å². The number of aliphatic carboxylic acids is 1. The number of unbranched alkanes of at least 4 members (excludes halogenated alkanes) is 1. The molecule has 0 heterocycles. The van der Waals surface area contributed by atoms with Crippen LogP contribution in [0.15, 0.2) is 48.6 Å². The summed E-state index contributed by atoms with van der Waals surface area (Å²) in [6, 6.07) is 6.96. The Balaban J connectivity index is 1.69. The van der Waals surface area contributed by atoms with Crippen molar-refractivity contribution in [1.82, 2.24) is 0 Å². The van der Waals surface area contributed by atoms with E-state index in [9.17, 15) is 14.7 Å². The second-order valence-corrected chi connectivity index (χ2v) is 8.23. The summed E-state index contributed by atoms with van der Waals surface area (Å²) in [6.45, 7) is 0.174. The summed E-state index contributed by atoms with van der Waals surface area (Å²) in [4.78, 5) is 22.5. The smallest absolute Gasteiger partial charge is 0.303 e. The number of hydrogen-bond donors (Lipinski definition) is 2. The molecule has 0 bridgehead atoms. The number of thioether (sulfide) groups is 1.